The Morgan fingerprint density at radius 3 is 1.32 bits per heavy atom. The van der Waals surface area contributed by atoms with Crippen molar-refractivity contribution in [3.63, 3.8) is 0 Å². The van der Waals surface area contributed by atoms with E-state index in [1.54, 1.807) is 48.8 Å². The third-order valence-corrected chi connectivity index (χ3v) is 3.44. The number of nitrogens with zero attached hydrogens (tertiary/aromatic N) is 2. The second-order valence-electron chi connectivity index (χ2n) is 5.12. The molecule has 0 unspecified atom stereocenters. The largest absolute Gasteiger partial charge is 0.507 e. The summed E-state index contributed by atoms with van der Waals surface area (Å²) in [5.74, 6) is 0.355. The van der Waals surface area contributed by atoms with E-state index in [0.29, 0.717) is 22.5 Å². The molecule has 0 aromatic heterocycles. The summed E-state index contributed by atoms with van der Waals surface area (Å²) in [4.78, 5) is 8.82. The molecule has 0 heterocycles. The molecule has 5 heteroatoms. The molecule has 0 saturated carbocycles. The number of rotatable bonds is 4. The molecule has 0 bridgehead atoms. The van der Waals surface area contributed by atoms with Crippen LogP contribution in [0.15, 0.2) is 82.8 Å². The van der Waals surface area contributed by atoms with Crippen molar-refractivity contribution in [1.29, 1.82) is 0 Å². The van der Waals surface area contributed by atoms with Crippen LogP contribution in [0.1, 0.15) is 11.1 Å². The summed E-state index contributed by atoms with van der Waals surface area (Å²) in [5, 5.41) is 19.6. The van der Waals surface area contributed by atoms with Crippen molar-refractivity contribution in [2.45, 2.75) is 0 Å². The van der Waals surface area contributed by atoms with Crippen LogP contribution >= 0.6 is 0 Å². The minimum Gasteiger partial charge on any atom is -0.507 e. The second-order valence-corrected chi connectivity index (χ2v) is 5.12. The third-order valence-electron chi connectivity index (χ3n) is 3.44. The number of hydrogen-bond acceptors (Lipinski definition) is 4. The van der Waals surface area contributed by atoms with Gasteiger partial charge in [0.25, 0.3) is 0 Å². The van der Waals surface area contributed by atoms with Crippen LogP contribution in [0.4, 0.5) is 11.4 Å². The van der Waals surface area contributed by atoms with Crippen molar-refractivity contribution in [1.82, 2.24) is 0 Å². The van der Waals surface area contributed by atoms with E-state index < -0.39 is 0 Å². The van der Waals surface area contributed by atoms with Gasteiger partial charge in [0, 0.05) is 44.6 Å². The molecule has 0 spiro atoms. The van der Waals surface area contributed by atoms with Gasteiger partial charge in [-0.2, -0.15) is 0 Å². The van der Waals surface area contributed by atoms with Gasteiger partial charge >= 0.3 is 0 Å². The van der Waals surface area contributed by atoms with Gasteiger partial charge in [0.05, 0.1) is 11.4 Å². The van der Waals surface area contributed by atoms with Gasteiger partial charge in [0.1, 0.15) is 11.5 Å². The molecule has 4 nitrogen and oxygen atoms in total. The molecule has 0 aliphatic rings. The Balaban J connectivity index is 0.00000225. The molecule has 2 N–H and O–H groups in total. The van der Waals surface area contributed by atoms with Crippen LogP contribution in [-0.2, 0) is 21.1 Å². The first-order valence-corrected chi connectivity index (χ1v) is 7.47. The first-order valence-electron chi connectivity index (χ1n) is 7.47. The summed E-state index contributed by atoms with van der Waals surface area (Å²) >= 11 is 0. The predicted octanol–water partition coefficient (Wildman–Crippen LogP) is 4.60. The number of hydrogen-bond donors (Lipinski definition) is 2. The zero-order valence-electron chi connectivity index (χ0n) is 13.2. The van der Waals surface area contributed by atoms with Crippen LogP contribution in [0.5, 0.6) is 11.5 Å². The van der Waals surface area contributed by atoms with Crippen LogP contribution < -0.4 is 0 Å². The first kappa shape index (κ1) is 18.6. The summed E-state index contributed by atoms with van der Waals surface area (Å²) in [6.07, 6.45) is 3.20. The molecule has 0 saturated heterocycles. The summed E-state index contributed by atoms with van der Waals surface area (Å²) in [6, 6.07) is 21.4. The topological polar surface area (TPSA) is 65.2 Å². The fourth-order valence-corrected chi connectivity index (χ4v) is 2.15. The number of benzene rings is 3. The summed E-state index contributed by atoms with van der Waals surface area (Å²) in [5.41, 5.74) is 2.62. The molecule has 3 rings (SSSR count). The second kappa shape index (κ2) is 8.95. The molecule has 0 aliphatic carbocycles. The molecule has 128 valence electrons. The van der Waals surface area contributed by atoms with Crippen LogP contribution in [0.25, 0.3) is 0 Å². The molecule has 3 aromatic carbocycles. The maximum atomic E-state index is 9.79. The number of phenolic OH excluding ortho intramolecular Hbond substituents is 2. The van der Waals surface area contributed by atoms with Crippen molar-refractivity contribution in [3.8, 4) is 11.5 Å². The average molecular weight is 511 g/mol. The van der Waals surface area contributed by atoms with Crippen molar-refractivity contribution >= 4 is 23.8 Å². The molecule has 25 heavy (non-hydrogen) atoms. The molecule has 0 atom stereocenters. The molecular weight excluding hydrogens is 495 g/mol. The standard InChI is InChI=1S/C20H16N2O2.Pt/c23-19-11-5-1-7-15(19)13-21-17-9-3-4-10-18(17)22-14-16-8-2-6-12-20(16)24;/h1-14,23-24H;. The Hall–Kier alpha value is -2.71. The average Bonchev–Trinajstić information content (AvgIpc) is 2.61. The van der Waals surface area contributed by atoms with Gasteiger partial charge in [0.15, 0.2) is 0 Å². The fourth-order valence-electron chi connectivity index (χ4n) is 2.15. The Kier molecular flexibility index (Phi) is 6.67. The van der Waals surface area contributed by atoms with E-state index in [1.165, 1.54) is 0 Å². The maximum absolute atomic E-state index is 9.79. The first-order chi connectivity index (χ1) is 11.7. The van der Waals surface area contributed by atoms with Gasteiger partial charge in [-0.15, -0.1) is 0 Å². The predicted molar refractivity (Wildman–Crippen MR) is 97.2 cm³/mol. The third kappa shape index (κ3) is 4.88. The van der Waals surface area contributed by atoms with Gasteiger partial charge in [-0.3, -0.25) is 9.98 Å². The zero-order valence-corrected chi connectivity index (χ0v) is 15.5. The Bertz CT molecular complexity index is 833. The monoisotopic (exact) mass is 511 g/mol. The van der Waals surface area contributed by atoms with Gasteiger partial charge in [-0.05, 0) is 36.4 Å². The van der Waals surface area contributed by atoms with Crippen LogP contribution in [0.2, 0.25) is 0 Å². The smallest absolute Gasteiger partial charge is 0.124 e. The van der Waals surface area contributed by atoms with E-state index in [9.17, 15) is 10.2 Å². The van der Waals surface area contributed by atoms with Crippen molar-refractivity contribution in [2.75, 3.05) is 0 Å². The van der Waals surface area contributed by atoms with E-state index in [-0.39, 0.29) is 32.6 Å². The van der Waals surface area contributed by atoms with E-state index in [1.807, 2.05) is 36.4 Å². The summed E-state index contributed by atoms with van der Waals surface area (Å²) in [7, 11) is 0. The van der Waals surface area contributed by atoms with Crippen LogP contribution in [-0.4, -0.2) is 22.6 Å². The van der Waals surface area contributed by atoms with Crippen molar-refractivity contribution < 1.29 is 31.3 Å². The quantitative estimate of drug-likeness (QED) is 0.503. The van der Waals surface area contributed by atoms with Crippen LogP contribution in [0, 0.1) is 0 Å². The molecule has 0 radical (unpaired) electrons. The fraction of sp³-hybridized carbons (Fsp3) is 0. The van der Waals surface area contributed by atoms with Crippen molar-refractivity contribution in [2.24, 2.45) is 9.98 Å². The number of aliphatic imine (C=N–C) groups is 2. The Morgan fingerprint density at radius 2 is 0.920 bits per heavy atom. The normalized spacial score (nSPS) is 10.9. The van der Waals surface area contributed by atoms with Gasteiger partial charge < -0.3 is 10.2 Å². The maximum Gasteiger partial charge on any atom is 0.124 e. The van der Waals surface area contributed by atoms with Gasteiger partial charge in [0.2, 0.25) is 0 Å². The van der Waals surface area contributed by atoms with E-state index in [2.05, 4.69) is 9.98 Å². The molecule has 3 aromatic rings. The summed E-state index contributed by atoms with van der Waals surface area (Å²) < 4.78 is 0. The van der Waals surface area contributed by atoms with E-state index >= 15 is 0 Å². The Morgan fingerprint density at radius 1 is 0.560 bits per heavy atom. The zero-order chi connectivity index (χ0) is 16.8. The van der Waals surface area contributed by atoms with E-state index in [4.69, 9.17) is 0 Å². The minimum atomic E-state index is 0. The number of phenols is 2. The van der Waals surface area contributed by atoms with E-state index in [0.717, 1.165) is 0 Å². The molecule has 0 fully saturated rings. The number of para-hydroxylation sites is 4. The van der Waals surface area contributed by atoms with Gasteiger partial charge in [-0.25, -0.2) is 0 Å². The SMILES string of the molecule is Oc1ccccc1C=Nc1ccccc1N=Cc1ccccc1O.[Pt]. The Labute approximate surface area is 160 Å². The summed E-state index contributed by atoms with van der Waals surface area (Å²) in [6.45, 7) is 0. The van der Waals surface area contributed by atoms with Gasteiger partial charge in [-0.1, -0.05) is 36.4 Å². The molecule has 0 aliphatic heterocycles. The molecule has 0 amide bonds. The molecular formula is C20H16N2O2Pt. The minimum absolute atomic E-state index is 0. The van der Waals surface area contributed by atoms with Crippen molar-refractivity contribution in [3.05, 3.63) is 83.9 Å². The number of aromatic hydroxyl groups is 2. The van der Waals surface area contributed by atoms with Crippen LogP contribution in [0.3, 0.4) is 0 Å².